The zero-order valence-electron chi connectivity index (χ0n) is 12.6. The van der Waals surface area contributed by atoms with Crippen LogP contribution in [0.2, 0.25) is 0 Å². The minimum atomic E-state index is -0.356. The van der Waals surface area contributed by atoms with Gasteiger partial charge < -0.3 is 4.42 Å². The van der Waals surface area contributed by atoms with Crippen molar-refractivity contribution < 1.29 is 13.6 Å². The van der Waals surface area contributed by atoms with Gasteiger partial charge >= 0.3 is 0 Å². The van der Waals surface area contributed by atoms with Crippen LogP contribution in [-0.2, 0) is 6.42 Å². The maximum Gasteiger partial charge on any atom is 0.167 e. The first-order valence-corrected chi connectivity index (χ1v) is 7.55. The first kappa shape index (κ1) is 13.9. The molecule has 23 heavy (non-hydrogen) atoms. The Balaban J connectivity index is 1.85. The van der Waals surface area contributed by atoms with Crippen molar-refractivity contribution in [2.75, 3.05) is 0 Å². The number of nitrogens with zero attached hydrogens (tertiary/aromatic N) is 2. The number of carbonyl (C=O) groups is 1. The number of hydrogen-bond donors (Lipinski definition) is 0. The number of carbonyl (C=O) groups excluding carboxylic acids is 1. The average Bonchev–Trinajstić information content (AvgIpc) is 3.16. The SMILES string of the molecule is Cc1nn(-c2ccccc2F)c2c1C(=O)CC(c1ccco1)C2. The maximum absolute atomic E-state index is 14.2. The molecule has 2 aromatic heterocycles. The lowest BCUT2D eigenvalue weighted by Gasteiger charge is -2.21. The number of furan rings is 1. The van der Waals surface area contributed by atoms with Crippen LogP contribution in [-0.4, -0.2) is 15.6 Å². The molecule has 0 fully saturated rings. The number of ketones is 1. The molecular weight excluding hydrogens is 295 g/mol. The second-order valence-electron chi connectivity index (χ2n) is 5.81. The lowest BCUT2D eigenvalue weighted by atomic mass is 9.84. The van der Waals surface area contributed by atoms with Crippen LogP contribution in [0.4, 0.5) is 4.39 Å². The summed E-state index contributed by atoms with van der Waals surface area (Å²) in [7, 11) is 0. The van der Waals surface area contributed by atoms with Gasteiger partial charge in [0, 0.05) is 18.8 Å². The number of hydrogen-bond acceptors (Lipinski definition) is 3. The molecule has 0 spiro atoms. The van der Waals surface area contributed by atoms with E-state index in [-0.39, 0.29) is 17.5 Å². The second kappa shape index (κ2) is 5.19. The van der Waals surface area contributed by atoms with Crippen molar-refractivity contribution in [2.24, 2.45) is 0 Å². The van der Waals surface area contributed by atoms with E-state index in [1.807, 2.05) is 12.1 Å². The van der Waals surface area contributed by atoms with E-state index >= 15 is 0 Å². The van der Waals surface area contributed by atoms with Crippen LogP contribution in [0.5, 0.6) is 0 Å². The summed E-state index contributed by atoms with van der Waals surface area (Å²) in [5.41, 5.74) is 2.39. The van der Waals surface area contributed by atoms with E-state index in [4.69, 9.17) is 4.42 Å². The first-order valence-electron chi connectivity index (χ1n) is 7.55. The van der Waals surface area contributed by atoms with Crippen LogP contribution < -0.4 is 0 Å². The smallest absolute Gasteiger partial charge is 0.167 e. The summed E-state index contributed by atoms with van der Waals surface area (Å²) in [4.78, 5) is 12.6. The number of fused-ring (bicyclic) bond motifs is 1. The minimum absolute atomic E-state index is 0.0349. The molecule has 1 atom stereocenters. The standard InChI is InChI=1S/C18H15FN2O2/c1-11-18-15(21(20-11)14-6-3-2-5-13(14)19)9-12(10-16(18)22)17-7-4-8-23-17/h2-8,12H,9-10H2,1H3. The molecule has 0 saturated carbocycles. The van der Waals surface area contributed by atoms with Crippen LogP contribution in [0.15, 0.2) is 47.1 Å². The molecule has 4 rings (SSSR count). The Kier molecular flexibility index (Phi) is 3.15. The highest BCUT2D eigenvalue weighted by Gasteiger charge is 2.33. The monoisotopic (exact) mass is 310 g/mol. The molecule has 0 amide bonds. The molecule has 116 valence electrons. The molecule has 1 aromatic carbocycles. The number of Topliss-reactive ketones (excluding diaryl/α,β-unsaturated/α-hetero) is 1. The van der Waals surface area contributed by atoms with Crippen molar-refractivity contribution in [2.45, 2.75) is 25.7 Å². The van der Waals surface area contributed by atoms with Gasteiger partial charge in [0.25, 0.3) is 0 Å². The predicted octanol–water partition coefficient (Wildman–Crippen LogP) is 3.83. The summed E-state index contributed by atoms with van der Waals surface area (Å²) in [5, 5.41) is 4.41. The molecule has 0 bridgehead atoms. The van der Waals surface area contributed by atoms with E-state index < -0.39 is 0 Å². The average molecular weight is 310 g/mol. The first-order chi connectivity index (χ1) is 11.1. The van der Waals surface area contributed by atoms with Crippen molar-refractivity contribution in [3.05, 3.63) is 71.2 Å². The van der Waals surface area contributed by atoms with Gasteiger partial charge in [0.1, 0.15) is 17.3 Å². The summed E-state index contributed by atoms with van der Waals surface area (Å²) in [6, 6.07) is 10.2. The second-order valence-corrected chi connectivity index (χ2v) is 5.81. The summed E-state index contributed by atoms with van der Waals surface area (Å²) in [6.45, 7) is 1.79. The molecule has 4 nitrogen and oxygen atoms in total. The Morgan fingerprint density at radius 2 is 2.04 bits per heavy atom. The van der Waals surface area contributed by atoms with Gasteiger partial charge in [0.2, 0.25) is 0 Å². The van der Waals surface area contributed by atoms with Gasteiger partial charge in [-0.1, -0.05) is 12.1 Å². The number of rotatable bonds is 2. The summed E-state index contributed by atoms with van der Waals surface area (Å²) in [5.74, 6) is 0.424. The highest BCUT2D eigenvalue weighted by atomic mass is 19.1. The fraction of sp³-hybridized carbons (Fsp3) is 0.222. The number of halogens is 1. The molecule has 3 aromatic rings. The Hall–Kier alpha value is -2.69. The van der Waals surface area contributed by atoms with Crippen LogP contribution in [0.3, 0.4) is 0 Å². The van der Waals surface area contributed by atoms with Gasteiger partial charge in [-0.3, -0.25) is 4.79 Å². The predicted molar refractivity (Wildman–Crippen MR) is 82.4 cm³/mol. The van der Waals surface area contributed by atoms with Crippen molar-refractivity contribution in [3.8, 4) is 5.69 Å². The van der Waals surface area contributed by atoms with E-state index in [0.29, 0.717) is 29.8 Å². The quantitative estimate of drug-likeness (QED) is 0.723. The van der Waals surface area contributed by atoms with Crippen LogP contribution >= 0.6 is 0 Å². The molecular formula is C18H15FN2O2. The Morgan fingerprint density at radius 3 is 2.78 bits per heavy atom. The van der Waals surface area contributed by atoms with Crippen LogP contribution in [0.1, 0.15) is 39.8 Å². The molecule has 1 aliphatic rings. The van der Waals surface area contributed by atoms with Crippen molar-refractivity contribution in [1.82, 2.24) is 9.78 Å². The van der Waals surface area contributed by atoms with Gasteiger partial charge in [0.15, 0.2) is 5.78 Å². The molecule has 1 unspecified atom stereocenters. The maximum atomic E-state index is 14.2. The van der Waals surface area contributed by atoms with E-state index in [1.54, 1.807) is 36.1 Å². The van der Waals surface area contributed by atoms with Gasteiger partial charge in [-0.15, -0.1) is 0 Å². The van der Waals surface area contributed by atoms with Crippen molar-refractivity contribution in [3.63, 3.8) is 0 Å². The van der Waals surface area contributed by atoms with E-state index in [1.165, 1.54) is 6.07 Å². The molecule has 5 heteroatoms. The van der Waals surface area contributed by atoms with Crippen molar-refractivity contribution >= 4 is 5.78 Å². The molecule has 0 aliphatic heterocycles. The third-order valence-electron chi connectivity index (χ3n) is 4.33. The van der Waals surface area contributed by atoms with Gasteiger partial charge in [-0.25, -0.2) is 9.07 Å². The lowest BCUT2D eigenvalue weighted by Crippen LogP contribution is -2.20. The normalized spacial score (nSPS) is 17.3. The summed E-state index contributed by atoms with van der Waals surface area (Å²) >= 11 is 0. The van der Waals surface area contributed by atoms with Gasteiger partial charge in [-0.05, 0) is 31.2 Å². The van der Waals surface area contributed by atoms with Crippen LogP contribution in [0.25, 0.3) is 5.69 Å². The van der Waals surface area contributed by atoms with E-state index in [2.05, 4.69) is 5.10 Å². The Bertz CT molecular complexity index is 881. The Labute approximate surface area is 132 Å². The lowest BCUT2D eigenvalue weighted by molar-refractivity contribution is 0.0959. The topological polar surface area (TPSA) is 48.0 Å². The molecule has 0 N–H and O–H groups in total. The van der Waals surface area contributed by atoms with Gasteiger partial charge in [0.05, 0.1) is 23.2 Å². The highest BCUT2D eigenvalue weighted by molar-refractivity contribution is 6.00. The number of para-hydroxylation sites is 1. The largest absolute Gasteiger partial charge is 0.469 e. The highest BCUT2D eigenvalue weighted by Crippen LogP contribution is 2.35. The third-order valence-corrected chi connectivity index (χ3v) is 4.33. The zero-order valence-corrected chi connectivity index (χ0v) is 12.6. The number of aryl methyl sites for hydroxylation is 1. The zero-order chi connectivity index (χ0) is 16.0. The minimum Gasteiger partial charge on any atom is -0.469 e. The third kappa shape index (κ3) is 2.20. The summed E-state index contributed by atoms with van der Waals surface area (Å²) in [6.07, 6.45) is 2.60. The fourth-order valence-electron chi connectivity index (χ4n) is 3.31. The van der Waals surface area contributed by atoms with Crippen LogP contribution in [0, 0.1) is 12.7 Å². The molecule has 1 aliphatic carbocycles. The Morgan fingerprint density at radius 1 is 1.22 bits per heavy atom. The molecule has 0 saturated heterocycles. The fourth-order valence-corrected chi connectivity index (χ4v) is 3.31. The van der Waals surface area contributed by atoms with E-state index in [9.17, 15) is 9.18 Å². The van der Waals surface area contributed by atoms with Gasteiger partial charge in [-0.2, -0.15) is 5.10 Å². The molecule has 2 heterocycles. The van der Waals surface area contributed by atoms with Crippen molar-refractivity contribution in [1.29, 1.82) is 0 Å². The molecule has 0 radical (unpaired) electrons. The number of benzene rings is 1. The van der Waals surface area contributed by atoms with E-state index in [0.717, 1.165) is 11.5 Å². The summed E-state index contributed by atoms with van der Waals surface area (Å²) < 4.78 is 21.2. The number of aromatic nitrogens is 2.